The lowest BCUT2D eigenvalue weighted by atomic mass is 10.1. The minimum absolute atomic E-state index is 0.279. The zero-order valence-electron chi connectivity index (χ0n) is 14.7. The minimum atomic E-state index is 0.279. The number of benzene rings is 2. The summed E-state index contributed by atoms with van der Waals surface area (Å²) in [5.41, 5.74) is 3.20. The van der Waals surface area contributed by atoms with E-state index in [0.29, 0.717) is 11.6 Å². The van der Waals surface area contributed by atoms with Crippen molar-refractivity contribution in [1.29, 1.82) is 0 Å². The van der Waals surface area contributed by atoms with Gasteiger partial charge in [0.2, 0.25) is 0 Å². The van der Waals surface area contributed by atoms with Crippen molar-refractivity contribution in [3.05, 3.63) is 52.0 Å². The summed E-state index contributed by atoms with van der Waals surface area (Å²) in [5, 5.41) is 0.697. The van der Waals surface area contributed by atoms with E-state index >= 15 is 0 Å². The molecule has 5 nitrogen and oxygen atoms in total. The van der Waals surface area contributed by atoms with Gasteiger partial charge < -0.3 is 18.9 Å². The Morgan fingerprint density at radius 1 is 1.08 bits per heavy atom. The van der Waals surface area contributed by atoms with Crippen molar-refractivity contribution in [2.24, 2.45) is 0 Å². The smallest absolute Gasteiger partial charge is 0.189 e. The molecule has 0 saturated carbocycles. The van der Waals surface area contributed by atoms with Gasteiger partial charge in [-0.15, -0.1) is 0 Å². The molecule has 1 aliphatic rings. The van der Waals surface area contributed by atoms with Gasteiger partial charge in [-0.1, -0.05) is 17.7 Å². The molecule has 0 saturated heterocycles. The molecular weight excluding hydrogens is 342 g/mol. The third-order valence-electron chi connectivity index (χ3n) is 4.09. The Kier molecular flexibility index (Phi) is 5.68. The maximum Gasteiger partial charge on any atom is 0.189 e. The summed E-state index contributed by atoms with van der Waals surface area (Å²) in [5.74, 6) is 2.34. The molecule has 25 heavy (non-hydrogen) atoms. The first kappa shape index (κ1) is 17.9. The summed E-state index contributed by atoms with van der Waals surface area (Å²) in [6.07, 6.45) is 0. The lowest BCUT2D eigenvalue weighted by molar-refractivity contribution is -0.0174. The number of hydrogen-bond donors (Lipinski definition) is 0. The highest BCUT2D eigenvalue weighted by Crippen LogP contribution is 2.33. The van der Waals surface area contributed by atoms with E-state index in [9.17, 15) is 0 Å². The van der Waals surface area contributed by atoms with Crippen molar-refractivity contribution < 1.29 is 18.9 Å². The Morgan fingerprint density at radius 2 is 1.88 bits per heavy atom. The van der Waals surface area contributed by atoms with Crippen LogP contribution >= 0.6 is 11.6 Å². The van der Waals surface area contributed by atoms with Crippen LogP contribution in [-0.2, 0) is 24.4 Å². The largest absolute Gasteiger partial charge is 0.493 e. The van der Waals surface area contributed by atoms with Crippen LogP contribution in [0.2, 0.25) is 5.02 Å². The second-order valence-corrected chi connectivity index (χ2v) is 6.46. The van der Waals surface area contributed by atoms with E-state index in [2.05, 4.69) is 11.9 Å². The van der Waals surface area contributed by atoms with E-state index in [1.54, 1.807) is 14.2 Å². The Bertz CT molecular complexity index is 750. The first-order valence-corrected chi connectivity index (χ1v) is 8.39. The molecule has 1 aliphatic heterocycles. The van der Waals surface area contributed by atoms with E-state index in [-0.39, 0.29) is 6.79 Å². The predicted octanol–water partition coefficient (Wildman–Crippen LogP) is 3.86. The van der Waals surface area contributed by atoms with Gasteiger partial charge in [-0.3, -0.25) is 4.90 Å². The average molecular weight is 364 g/mol. The van der Waals surface area contributed by atoms with Gasteiger partial charge in [-0.2, -0.15) is 0 Å². The van der Waals surface area contributed by atoms with Gasteiger partial charge in [0.05, 0.1) is 20.8 Å². The van der Waals surface area contributed by atoms with Crippen LogP contribution in [0.5, 0.6) is 17.2 Å². The van der Waals surface area contributed by atoms with Crippen LogP contribution in [-0.4, -0.2) is 33.0 Å². The monoisotopic (exact) mass is 363 g/mol. The molecule has 2 aromatic rings. The topological polar surface area (TPSA) is 40.2 Å². The zero-order chi connectivity index (χ0) is 17.8. The second kappa shape index (κ2) is 7.95. The van der Waals surface area contributed by atoms with Gasteiger partial charge in [0.25, 0.3) is 0 Å². The molecule has 0 spiro atoms. The van der Waals surface area contributed by atoms with Gasteiger partial charge in [0.15, 0.2) is 18.3 Å². The van der Waals surface area contributed by atoms with Gasteiger partial charge in [-0.05, 0) is 36.9 Å². The molecule has 0 N–H and O–H groups in total. The van der Waals surface area contributed by atoms with Crippen LogP contribution in [0, 0.1) is 0 Å². The van der Waals surface area contributed by atoms with Crippen molar-refractivity contribution in [2.75, 3.05) is 28.1 Å². The van der Waals surface area contributed by atoms with Crippen molar-refractivity contribution >= 4 is 11.6 Å². The van der Waals surface area contributed by atoms with Crippen molar-refractivity contribution in [1.82, 2.24) is 4.90 Å². The molecule has 0 radical (unpaired) electrons. The first-order chi connectivity index (χ1) is 12.1. The van der Waals surface area contributed by atoms with Gasteiger partial charge in [0.1, 0.15) is 5.75 Å². The van der Waals surface area contributed by atoms with E-state index in [0.717, 1.165) is 47.0 Å². The SMILES string of the molecule is COc1ccc(CN(C)Cc2cc(Cl)cc3c2OCOC3)cc1OC. The van der Waals surface area contributed by atoms with E-state index < -0.39 is 0 Å². The number of hydrogen-bond acceptors (Lipinski definition) is 5. The van der Waals surface area contributed by atoms with Gasteiger partial charge >= 0.3 is 0 Å². The van der Waals surface area contributed by atoms with Crippen LogP contribution in [0.4, 0.5) is 0 Å². The molecule has 0 unspecified atom stereocenters. The minimum Gasteiger partial charge on any atom is -0.493 e. The summed E-state index contributed by atoms with van der Waals surface area (Å²) in [6.45, 7) is 2.29. The Morgan fingerprint density at radius 3 is 2.64 bits per heavy atom. The van der Waals surface area contributed by atoms with Crippen LogP contribution in [0.1, 0.15) is 16.7 Å². The normalized spacial score (nSPS) is 13.3. The van der Waals surface area contributed by atoms with E-state index in [4.69, 9.17) is 30.5 Å². The highest BCUT2D eigenvalue weighted by molar-refractivity contribution is 6.30. The number of fused-ring (bicyclic) bond motifs is 1. The van der Waals surface area contributed by atoms with Gasteiger partial charge in [0, 0.05) is 29.2 Å². The maximum absolute atomic E-state index is 6.24. The number of nitrogens with zero attached hydrogens (tertiary/aromatic N) is 1. The zero-order valence-corrected chi connectivity index (χ0v) is 15.4. The standard InChI is InChI=1S/C19H22ClNO4/c1-21(9-13-4-5-17(22-2)18(6-13)23-3)10-14-7-16(20)8-15-11-24-12-25-19(14)15/h4-8H,9-12H2,1-3H3. The summed E-state index contributed by atoms with van der Waals surface area (Å²) >= 11 is 6.24. The Balaban J connectivity index is 1.75. The molecule has 1 heterocycles. The van der Waals surface area contributed by atoms with E-state index in [1.165, 1.54) is 0 Å². The molecule has 0 aromatic heterocycles. The first-order valence-electron chi connectivity index (χ1n) is 8.02. The highest BCUT2D eigenvalue weighted by Gasteiger charge is 2.17. The number of rotatable bonds is 6. The molecule has 3 rings (SSSR count). The van der Waals surface area contributed by atoms with Crippen LogP contribution < -0.4 is 14.2 Å². The van der Waals surface area contributed by atoms with Crippen LogP contribution in [0.25, 0.3) is 0 Å². The highest BCUT2D eigenvalue weighted by atomic mass is 35.5. The maximum atomic E-state index is 6.24. The third kappa shape index (κ3) is 4.18. The molecule has 6 heteroatoms. The predicted molar refractivity (Wildman–Crippen MR) is 96.5 cm³/mol. The molecule has 0 fully saturated rings. The fraction of sp³-hybridized carbons (Fsp3) is 0.368. The lowest BCUT2D eigenvalue weighted by Crippen LogP contribution is -2.20. The summed E-state index contributed by atoms with van der Waals surface area (Å²) in [4.78, 5) is 2.20. The van der Waals surface area contributed by atoms with Crippen molar-refractivity contribution in [3.8, 4) is 17.2 Å². The fourth-order valence-electron chi connectivity index (χ4n) is 3.01. The Hall–Kier alpha value is -1.95. The van der Waals surface area contributed by atoms with Crippen LogP contribution in [0.3, 0.4) is 0 Å². The third-order valence-corrected chi connectivity index (χ3v) is 4.31. The summed E-state index contributed by atoms with van der Waals surface area (Å²) in [6, 6.07) is 9.80. The lowest BCUT2D eigenvalue weighted by Gasteiger charge is -2.24. The molecular formula is C19H22ClNO4. The fourth-order valence-corrected chi connectivity index (χ4v) is 3.27. The van der Waals surface area contributed by atoms with Crippen molar-refractivity contribution in [2.45, 2.75) is 19.7 Å². The molecule has 2 aromatic carbocycles. The summed E-state index contributed by atoms with van der Waals surface area (Å²) < 4.78 is 21.7. The number of halogens is 1. The van der Waals surface area contributed by atoms with E-state index in [1.807, 2.05) is 30.3 Å². The summed E-state index contributed by atoms with van der Waals surface area (Å²) in [7, 11) is 5.34. The molecule has 134 valence electrons. The number of ether oxygens (including phenoxy) is 4. The molecule has 0 atom stereocenters. The van der Waals surface area contributed by atoms with Crippen molar-refractivity contribution in [3.63, 3.8) is 0 Å². The average Bonchev–Trinajstić information content (AvgIpc) is 2.61. The quantitative estimate of drug-likeness (QED) is 0.779. The Labute approximate surface area is 153 Å². The molecule has 0 aliphatic carbocycles. The van der Waals surface area contributed by atoms with Crippen LogP contribution in [0.15, 0.2) is 30.3 Å². The molecule has 0 bridgehead atoms. The second-order valence-electron chi connectivity index (χ2n) is 6.03. The van der Waals surface area contributed by atoms with Gasteiger partial charge in [-0.25, -0.2) is 0 Å². The molecule has 0 amide bonds. The number of methoxy groups -OCH3 is 2.